The number of hydrogen-bond acceptors (Lipinski definition) is 3. The first kappa shape index (κ1) is 16.3. The van der Waals surface area contributed by atoms with E-state index in [1.165, 1.54) is 0 Å². The van der Waals surface area contributed by atoms with Gasteiger partial charge in [0.1, 0.15) is 6.04 Å². The summed E-state index contributed by atoms with van der Waals surface area (Å²) in [6.07, 6.45) is 4.96. The molecule has 2 aliphatic carbocycles. The Morgan fingerprint density at radius 2 is 1.80 bits per heavy atom. The number of imide groups is 1. The molecule has 5 atom stereocenters. The summed E-state index contributed by atoms with van der Waals surface area (Å²) in [6, 6.07) is 4.39. The minimum Gasteiger partial charge on any atom is -0.324 e. The van der Waals surface area contributed by atoms with E-state index in [9.17, 15) is 14.4 Å². The van der Waals surface area contributed by atoms with E-state index in [0.29, 0.717) is 10.7 Å². The van der Waals surface area contributed by atoms with E-state index >= 15 is 0 Å². The molecule has 5 unspecified atom stereocenters. The number of nitrogens with one attached hydrogen (secondary N) is 1. The second-order valence-electron chi connectivity index (χ2n) is 7.12. The zero-order chi connectivity index (χ0) is 17.9. The van der Waals surface area contributed by atoms with Crippen molar-refractivity contribution in [2.24, 2.45) is 23.7 Å². The van der Waals surface area contributed by atoms with Crippen molar-refractivity contribution in [1.29, 1.82) is 0 Å². The van der Waals surface area contributed by atoms with Gasteiger partial charge in [-0.05, 0) is 49.8 Å². The Hall–Kier alpha value is -2.14. The van der Waals surface area contributed by atoms with Gasteiger partial charge in [0.25, 0.3) is 0 Å². The molecule has 3 aliphatic rings. The molecule has 0 spiro atoms. The fraction of sp³-hybridized carbons (Fsp3) is 0.421. The maximum atomic E-state index is 12.8. The van der Waals surface area contributed by atoms with Crippen LogP contribution in [0.25, 0.3) is 0 Å². The van der Waals surface area contributed by atoms with Gasteiger partial charge >= 0.3 is 0 Å². The van der Waals surface area contributed by atoms with Crippen molar-refractivity contribution in [3.63, 3.8) is 0 Å². The van der Waals surface area contributed by atoms with Gasteiger partial charge in [0, 0.05) is 10.7 Å². The van der Waals surface area contributed by atoms with Gasteiger partial charge in [-0.15, -0.1) is 0 Å². The van der Waals surface area contributed by atoms with Crippen molar-refractivity contribution in [2.75, 3.05) is 5.32 Å². The Morgan fingerprint density at radius 1 is 1.20 bits per heavy atom. The van der Waals surface area contributed by atoms with Gasteiger partial charge in [0.05, 0.1) is 11.8 Å². The molecule has 1 aromatic carbocycles. The van der Waals surface area contributed by atoms with Gasteiger partial charge < -0.3 is 5.32 Å². The second-order valence-corrected chi connectivity index (χ2v) is 7.53. The number of rotatable bonds is 3. The summed E-state index contributed by atoms with van der Waals surface area (Å²) in [4.78, 5) is 39.4. The molecule has 1 heterocycles. The van der Waals surface area contributed by atoms with Gasteiger partial charge in [-0.25, -0.2) is 0 Å². The van der Waals surface area contributed by atoms with Gasteiger partial charge in [-0.2, -0.15) is 0 Å². The molecule has 5 nitrogen and oxygen atoms in total. The number of fused-ring (bicyclic) bond motifs is 5. The molecular weight excluding hydrogens is 340 g/mol. The number of anilines is 1. The molecule has 1 aromatic rings. The third kappa shape index (κ3) is 2.33. The zero-order valence-electron chi connectivity index (χ0n) is 14.0. The summed E-state index contributed by atoms with van der Waals surface area (Å²) in [6.45, 7) is 3.41. The predicted octanol–water partition coefficient (Wildman–Crippen LogP) is 2.78. The minimum absolute atomic E-state index is 0.141. The van der Waals surface area contributed by atoms with Crippen LogP contribution in [0.2, 0.25) is 5.02 Å². The molecule has 1 N–H and O–H groups in total. The minimum atomic E-state index is -0.844. The highest BCUT2D eigenvalue weighted by Crippen LogP contribution is 2.52. The fourth-order valence-electron chi connectivity index (χ4n) is 4.40. The third-order valence-electron chi connectivity index (χ3n) is 5.80. The third-order valence-corrected chi connectivity index (χ3v) is 6.21. The Kier molecular flexibility index (Phi) is 3.72. The van der Waals surface area contributed by atoms with Crippen LogP contribution >= 0.6 is 11.6 Å². The lowest BCUT2D eigenvalue weighted by atomic mass is 9.85. The van der Waals surface area contributed by atoms with Crippen molar-refractivity contribution < 1.29 is 14.4 Å². The Labute approximate surface area is 151 Å². The molecule has 6 heteroatoms. The lowest BCUT2D eigenvalue weighted by Gasteiger charge is -2.24. The quantitative estimate of drug-likeness (QED) is 0.667. The number of likely N-dealkylation sites (tertiary alicyclic amines) is 1. The molecule has 25 heavy (non-hydrogen) atoms. The normalized spacial score (nSPS) is 30.8. The van der Waals surface area contributed by atoms with Gasteiger partial charge in [-0.1, -0.05) is 29.8 Å². The fourth-order valence-corrected chi connectivity index (χ4v) is 4.58. The second kappa shape index (κ2) is 5.70. The molecule has 1 saturated heterocycles. The topological polar surface area (TPSA) is 66.5 Å². The van der Waals surface area contributed by atoms with Crippen LogP contribution in [0.1, 0.15) is 18.9 Å². The molecule has 4 rings (SSSR count). The number of carbonyl (C=O) groups is 3. The summed E-state index contributed by atoms with van der Waals surface area (Å²) in [5.74, 6) is -1.10. The van der Waals surface area contributed by atoms with Crippen molar-refractivity contribution in [3.05, 3.63) is 40.9 Å². The smallest absolute Gasteiger partial charge is 0.247 e. The summed E-state index contributed by atoms with van der Waals surface area (Å²) in [5.41, 5.74) is 1.34. The first-order valence-corrected chi connectivity index (χ1v) is 8.89. The molecule has 2 bridgehead atoms. The van der Waals surface area contributed by atoms with Gasteiger partial charge in [0.2, 0.25) is 17.7 Å². The standard InChI is InChI=1S/C19H19ClN2O3/c1-9-13(20)4-3-5-14(9)21-17(23)10(2)22-18(24)15-11-6-7-12(8-11)16(15)19(22)25/h3-7,10-12,15-16H,8H2,1-2H3,(H,21,23). The zero-order valence-corrected chi connectivity index (χ0v) is 14.8. The monoisotopic (exact) mass is 358 g/mol. The van der Waals surface area contributed by atoms with E-state index in [2.05, 4.69) is 5.32 Å². The van der Waals surface area contributed by atoms with Crippen LogP contribution in [0.3, 0.4) is 0 Å². The molecule has 130 valence electrons. The van der Waals surface area contributed by atoms with E-state index in [1.807, 2.05) is 19.1 Å². The maximum Gasteiger partial charge on any atom is 0.247 e. The van der Waals surface area contributed by atoms with Crippen molar-refractivity contribution in [3.8, 4) is 0 Å². The summed E-state index contributed by atoms with van der Waals surface area (Å²) >= 11 is 6.08. The number of halogens is 1. The average Bonchev–Trinajstić information content (AvgIpc) is 3.25. The van der Waals surface area contributed by atoms with E-state index in [1.54, 1.807) is 25.1 Å². The molecule has 1 saturated carbocycles. The summed E-state index contributed by atoms with van der Waals surface area (Å²) < 4.78 is 0. The average molecular weight is 359 g/mol. The number of carbonyl (C=O) groups excluding carboxylic acids is 3. The van der Waals surface area contributed by atoms with Crippen LogP contribution in [0.5, 0.6) is 0 Å². The number of benzene rings is 1. The number of allylic oxidation sites excluding steroid dienone is 2. The highest BCUT2D eigenvalue weighted by Gasteiger charge is 2.60. The van der Waals surface area contributed by atoms with Crippen molar-refractivity contribution in [2.45, 2.75) is 26.3 Å². The highest BCUT2D eigenvalue weighted by atomic mass is 35.5. The number of nitrogens with zero attached hydrogens (tertiary/aromatic N) is 1. The Balaban J connectivity index is 1.54. The Morgan fingerprint density at radius 3 is 2.40 bits per heavy atom. The van der Waals surface area contributed by atoms with Crippen molar-refractivity contribution in [1.82, 2.24) is 4.90 Å². The van der Waals surface area contributed by atoms with E-state index in [4.69, 9.17) is 11.6 Å². The Bertz CT molecular complexity index is 789. The first-order valence-electron chi connectivity index (χ1n) is 8.51. The van der Waals surface area contributed by atoms with Crippen LogP contribution < -0.4 is 5.32 Å². The first-order chi connectivity index (χ1) is 11.9. The molecular formula is C19H19ClN2O3. The maximum absolute atomic E-state index is 12.8. The lowest BCUT2D eigenvalue weighted by Crippen LogP contribution is -2.46. The van der Waals surface area contributed by atoms with E-state index in [0.717, 1.165) is 16.9 Å². The largest absolute Gasteiger partial charge is 0.324 e. The molecule has 0 aromatic heterocycles. The van der Waals surface area contributed by atoms with Crippen LogP contribution in [0.15, 0.2) is 30.4 Å². The van der Waals surface area contributed by atoms with Gasteiger partial charge in [0.15, 0.2) is 0 Å². The van der Waals surface area contributed by atoms with E-state index in [-0.39, 0.29) is 41.4 Å². The van der Waals surface area contributed by atoms with Crippen LogP contribution in [0.4, 0.5) is 5.69 Å². The summed E-state index contributed by atoms with van der Waals surface area (Å²) in [5, 5.41) is 3.34. The molecule has 2 fully saturated rings. The van der Waals surface area contributed by atoms with Crippen LogP contribution in [0, 0.1) is 30.6 Å². The summed E-state index contributed by atoms with van der Waals surface area (Å²) in [7, 11) is 0. The molecule has 0 radical (unpaired) electrons. The van der Waals surface area contributed by atoms with Gasteiger partial charge in [-0.3, -0.25) is 19.3 Å². The number of hydrogen-bond donors (Lipinski definition) is 1. The van der Waals surface area contributed by atoms with Crippen LogP contribution in [-0.2, 0) is 14.4 Å². The van der Waals surface area contributed by atoms with E-state index < -0.39 is 6.04 Å². The number of amides is 3. The molecule has 3 amide bonds. The lowest BCUT2D eigenvalue weighted by molar-refractivity contribution is -0.146. The molecule has 1 aliphatic heterocycles. The van der Waals surface area contributed by atoms with Crippen molar-refractivity contribution >= 4 is 35.0 Å². The SMILES string of the molecule is Cc1c(Cl)cccc1NC(=O)C(C)N1C(=O)C2C3C=CC(C3)C2C1=O. The predicted molar refractivity (Wildman–Crippen MR) is 93.9 cm³/mol. The highest BCUT2D eigenvalue weighted by molar-refractivity contribution is 6.31. The van der Waals surface area contributed by atoms with Crippen LogP contribution in [-0.4, -0.2) is 28.7 Å².